The van der Waals surface area contributed by atoms with E-state index in [1.807, 2.05) is 33.8 Å². The average molecular weight is 305 g/mol. The van der Waals surface area contributed by atoms with E-state index in [9.17, 15) is 4.79 Å². The van der Waals surface area contributed by atoms with Gasteiger partial charge >= 0.3 is 5.97 Å². The van der Waals surface area contributed by atoms with Crippen molar-refractivity contribution in [3.8, 4) is 5.75 Å². The van der Waals surface area contributed by atoms with Crippen LogP contribution in [0.25, 0.3) is 0 Å². The van der Waals surface area contributed by atoms with Crippen molar-refractivity contribution in [2.45, 2.75) is 33.6 Å². The van der Waals surface area contributed by atoms with Gasteiger partial charge in [-0.1, -0.05) is 25.4 Å². The number of benzene rings is 1. The number of halogens is 1. The topological polar surface area (TPSA) is 52.1 Å². The largest absolute Gasteiger partial charge is 0.421 e. The lowest BCUT2D eigenvalue weighted by molar-refractivity contribution is 0.0726. The number of carbonyl (C=O) groups is 1. The predicted molar refractivity (Wildman–Crippen MR) is 82.0 cm³/mol. The van der Waals surface area contributed by atoms with Gasteiger partial charge < -0.3 is 4.74 Å². The molecular formula is C16H17ClN2O2. The zero-order valence-corrected chi connectivity index (χ0v) is 13.2. The van der Waals surface area contributed by atoms with Gasteiger partial charge in [-0.15, -0.1) is 0 Å². The molecule has 1 aromatic heterocycles. The summed E-state index contributed by atoms with van der Waals surface area (Å²) in [7, 11) is 0. The minimum absolute atomic E-state index is 0.183. The van der Waals surface area contributed by atoms with Crippen molar-refractivity contribution in [3.63, 3.8) is 0 Å². The van der Waals surface area contributed by atoms with Gasteiger partial charge in [0.2, 0.25) is 0 Å². The second-order valence-corrected chi connectivity index (χ2v) is 5.63. The third kappa shape index (κ3) is 3.58. The van der Waals surface area contributed by atoms with E-state index >= 15 is 0 Å². The van der Waals surface area contributed by atoms with E-state index in [0.717, 1.165) is 16.8 Å². The Kier molecular flexibility index (Phi) is 4.58. The fraction of sp³-hybridized carbons (Fsp3) is 0.312. The maximum Gasteiger partial charge on any atom is 0.363 e. The Labute approximate surface area is 129 Å². The van der Waals surface area contributed by atoms with Crippen molar-refractivity contribution < 1.29 is 9.53 Å². The number of nitrogens with zero attached hydrogens (tertiary/aromatic N) is 2. The van der Waals surface area contributed by atoms with Crippen molar-refractivity contribution >= 4 is 17.6 Å². The number of aromatic nitrogens is 2. The summed E-state index contributed by atoms with van der Waals surface area (Å²) in [6.07, 6.45) is 2.95. The number of carbonyl (C=O) groups excluding carboxylic acids is 1. The summed E-state index contributed by atoms with van der Waals surface area (Å²) in [6, 6.07) is 3.61. The van der Waals surface area contributed by atoms with E-state index in [4.69, 9.17) is 16.3 Å². The molecule has 0 N–H and O–H groups in total. The van der Waals surface area contributed by atoms with E-state index in [-0.39, 0.29) is 11.6 Å². The maximum absolute atomic E-state index is 12.1. The van der Waals surface area contributed by atoms with Crippen LogP contribution in [-0.2, 0) is 0 Å². The first-order chi connectivity index (χ1) is 9.88. The molecule has 0 amide bonds. The van der Waals surface area contributed by atoms with E-state index in [1.165, 1.54) is 12.4 Å². The second-order valence-electron chi connectivity index (χ2n) is 5.23. The molecule has 1 heterocycles. The molecule has 0 unspecified atom stereocenters. The SMILES string of the molecule is Cc1cnc(C(=O)Oc2cc(C)c(Cl)cc2C(C)C)cn1. The van der Waals surface area contributed by atoms with Crippen LogP contribution in [0.3, 0.4) is 0 Å². The van der Waals surface area contributed by atoms with Crippen molar-refractivity contribution in [1.29, 1.82) is 0 Å². The summed E-state index contributed by atoms with van der Waals surface area (Å²) in [5.74, 6) is 0.181. The molecule has 0 radical (unpaired) electrons. The number of hydrogen-bond donors (Lipinski definition) is 0. The highest BCUT2D eigenvalue weighted by molar-refractivity contribution is 6.31. The quantitative estimate of drug-likeness (QED) is 0.633. The van der Waals surface area contributed by atoms with Crippen LogP contribution in [0.5, 0.6) is 5.75 Å². The van der Waals surface area contributed by atoms with Crippen LogP contribution in [0.1, 0.15) is 47.1 Å². The van der Waals surface area contributed by atoms with Crippen molar-refractivity contribution in [2.75, 3.05) is 0 Å². The summed E-state index contributed by atoms with van der Waals surface area (Å²) < 4.78 is 5.47. The highest BCUT2D eigenvalue weighted by atomic mass is 35.5. The molecule has 2 aromatic rings. The third-order valence-corrected chi connectivity index (χ3v) is 3.51. The first-order valence-electron chi connectivity index (χ1n) is 6.69. The first-order valence-corrected chi connectivity index (χ1v) is 7.07. The van der Waals surface area contributed by atoms with Crippen LogP contribution in [0.2, 0.25) is 5.02 Å². The summed E-state index contributed by atoms with van der Waals surface area (Å²) in [6.45, 7) is 7.71. The van der Waals surface area contributed by atoms with Gasteiger partial charge in [-0.3, -0.25) is 4.98 Å². The normalized spacial score (nSPS) is 10.8. The summed E-state index contributed by atoms with van der Waals surface area (Å²) in [5.41, 5.74) is 2.68. The summed E-state index contributed by atoms with van der Waals surface area (Å²) >= 11 is 6.14. The standard InChI is InChI=1S/C16H17ClN2O2/c1-9(2)12-6-13(17)10(3)5-15(12)21-16(20)14-8-18-11(4)7-19-14/h5-9H,1-4H3. The van der Waals surface area contributed by atoms with E-state index < -0.39 is 5.97 Å². The van der Waals surface area contributed by atoms with Gasteiger partial charge in [0.05, 0.1) is 11.9 Å². The summed E-state index contributed by atoms with van der Waals surface area (Å²) in [4.78, 5) is 20.2. The van der Waals surface area contributed by atoms with Gasteiger partial charge in [-0.2, -0.15) is 0 Å². The van der Waals surface area contributed by atoms with Crippen LogP contribution in [0.15, 0.2) is 24.5 Å². The molecule has 0 aliphatic carbocycles. The van der Waals surface area contributed by atoms with Gasteiger partial charge in [0.25, 0.3) is 0 Å². The zero-order valence-electron chi connectivity index (χ0n) is 12.5. The van der Waals surface area contributed by atoms with Crippen molar-refractivity contribution in [3.05, 3.63) is 52.1 Å². The molecule has 5 heteroatoms. The number of ether oxygens (including phenoxy) is 1. The highest BCUT2D eigenvalue weighted by Gasteiger charge is 2.16. The summed E-state index contributed by atoms with van der Waals surface area (Å²) in [5, 5.41) is 0.661. The van der Waals surface area contributed by atoms with Crippen LogP contribution in [0, 0.1) is 13.8 Å². The molecule has 2 rings (SSSR count). The van der Waals surface area contributed by atoms with Crippen molar-refractivity contribution in [1.82, 2.24) is 9.97 Å². The fourth-order valence-electron chi connectivity index (χ4n) is 1.86. The number of rotatable bonds is 3. The lowest BCUT2D eigenvalue weighted by Gasteiger charge is -2.14. The molecule has 4 nitrogen and oxygen atoms in total. The second kappa shape index (κ2) is 6.22. The lowest BCUT2D eigenvalue weighted by Crippen LogP contribution is -2.13. The zero-order chi connectivity index (χ0) is 15.6. The van der Waals surface area contributed by atoms with Crippen LogP contribution in [-0.4, -0.2) is 15.9 Å². The smallest absolute Gasteiger partial charge is 0.363 e. The molecule has 1 aromatic carbocycles. The molecule has 0 spiro atoms. The Hall–Kier alpha value is -1.94. The Morgan fingerprint density at radius 2 is 1.90 bits per heavy atom. The van der Waals surface area contributed by atoms with Gasteiger partial charge in [-0.05, 0) is 43.0 Å². The molecular weight excluding hydrogens is 288 g/mol. The maximum atomic E-state index is 12.1. The van der Waals surface area contributed by atoms with Crippen molar-refractivity contribution in [2.24, 2.45) is 0 Å². The lowest BCUT2D eigenvalue weighted by atomic mass is 10.0. The average Bonchev–Trinajstić information content (AvgIpc) is 2.43. The molecule has 0 aliphatic rings. The Balaban J connectivity index is 2.32. The van der Waals surface area contributed by atoms with Crippen LogP contribution >= 0.6 is 11.6 Å². The molecule has 0 saturated carbocycles. The van der Waals surface area contributed by atoms with E-state index in [0.29, 0.717) is 10.8 Å². The van der Waals surface area contributed by atoms with Crippen LogP contribution in [0.4, 0.5) is 0 Å². The molecule has 21 heavy (non-hydrogen) atoms. The number of esters is 1. The van der Waals surface area contributed by atoms with Gasteiger partial charge in [0.1, 0.15) is 5.75 Å². The third-order valence-electron chi connectivity index (χ3n) is 3.11. The molecule has 0 fully saturated rings. The van der Waals surface area contributed by atoms with Gasteiger partial charge in [0.15, 0.2) is 5.69 Å². The van der Waals surface area contributed by atoms with E-state index in [2.05, 4.69) is 9.97 Å². The Bertz CT molecular complexity index is 667. The molecule has 110 valence electrons. The minimum atomic E-state index is -0.522. The van der Waals surface area contributed by atoms with Gasteiger partial charge in [-0.25, -0.2) is 9.78 Å². The minimum Gasteiger partial charge on any atom is -0.421 e. The van der Waals surface area contributed by atoms with Gasteiger partial charge in [0, 0.05) is 11.2 Å². The molecule has 0 saturated heterocycles. The number of hydrogen-bond acceptors (Lipinski definition) is 4. The van der Waals surface area contributed by atoms with Crippen LogP contribution < -0.4 is 4.74 Å². The number of aryl methyl sites for hydroxylation is 2. The van der Waals surface area contributed by atoms with E-state index in [1.54, 1.807) is 6.07 Å². The monoisotopic (exact) mass is 304 g/mol. The Morgan fingerprint density at radius 1 is 1.19 bits per heavy atom. The molecule has 0 atom stereocenters. The highest BCUT2D eigenvalue weighted by Crippen LogP contribution is 2.32. The first kappa shape index (κ1) is 15.4. The Morgan fingerprint density at radius 3 is 2.48 bits per heavy atom. The molecule has 0 aliphatic heterocycles. The fourth-order valence-corrected chi connectivity index (χ4v) is 2.03. The predicted octanol–water partition coefficient (Wildman–Crippen LogP) is 4.09. The molecule has 0 bridgehead atoms.